The molecule has 0 bridgehead atoms. The molecular weight excluding hydrogens is 234 g/mol. The summed E-state index contributed by atoms with van der Waals surface area (Å²) in [5.74, 6) is 0.750. The summed E-state index contributed by atoms with van der Waals surface area (Å²) in [6.45, 7) is 6.57. The van der Waals surface area contributed by atoms with Crippen LogP contribution in [-0.2, 0) is 0 Å². The quantitative estimate of drug-likeness (QED) is 0.881. The van der Waals surface area contributed by atoms with E-state index < -0.39 is 0 Å². The Morgan fingerprint density at radius 1 is 1.32 bits per heavy atom. The van der Waals surface area contributed by atoms with Crippen LogP contribution in [0.25, 0.3) is 0 Å². The SMILES string of the molecule is CCCN(CC1CCNCC1)c1ccccc1C#N. The molecule has 1 fully saturated rings. The van der Waals surface area contributed by atoms with Gasteiger partial charge in [0.15, 0.2) is 0 Å². The van der Waals surface area contributed by atoms with Crippen molar-refractivity contribution in [1.29, 1.82) is 5.26 Å². The van der Waals surface area contributed by atoms with Crippen LogP contribution in [-0.4, -0.2) is 26.2 Å². The van der Waals surface area contributed by atoms with Gasteiger partial charge in [-0.2, -0.15) is 5.26 Å². The normalized spacial score (nSPS) is 16.0. The lowest BCUT2D eigenvalue weighted by Gasteiger charge is -2.32. The molecular formula is C16H23N3. The highest BCUT2D eigenvalue weighted by Gasteiger charge is 2.18. The molecule has 0 radical (unpaired) electrons. The molecule has 1 aliphatic rings. The molecule has 102 valence electrons. The summed E-state index contributed by atoms with van der Waals surface area (Å²) in [6, 6.07) is 10.3. The third-order valence-corrected chi connectivity index (χ3v) is 3.80. The smallest absolute Gasteiger partial charge is 0.101 e. The number of para-hydroxylation sites is 1. The van der Waals surface area contributed by atoms with Crippen molar-refractivity contribution in [3.63, 3.8) is 0 Å². The first-order chi connectivity index (χ1) is 9.35. The second-order valence-electron chi connectivity index (χ2n) is 5.27. The van der Waals surface area contributed by atoms with Gasteiger partial charge in [-0.05, 0) is 50.4 Å². The molecule has 1 heterocycles. The maximum Gasteiger partial charge on any atom is 0.101 e. The van der Waals surface area contributed by atoms with Gasteiger partial charge in [0.1, 0.15) is 6.07 Å². The van der Waals surface area contributed by atoms with E-state index in [9.17, 15) is 5.26 Å². The third-order valence-electron chi connectivity index (χ3n) is 3.80. The molecule has 1 N–H and O–H groups in total. The zero-order valence-electron chi connectivity index (χ0n) is 11.7. The number of nitrogens with one attached hydrogen (secondary N) is 1. The summed E-state index contributed by atoms with van der Waals surface area (Å²) < 4.78 is 0. The van der Waals surface area contributed by atoms with E-state index in [1.165, 1.54) is 12.8 Å². The lowest BCUT2D eigenvalue weighted by atomic mass is 9.97. The summed E-state index contributed by atoms with van der Waals surface area (Å²) in [5, 5.41) is 12.7. The molecule has 2 rings (SSSR count). The summed E-state index contributed by atoms with van der Waals surface area (Å²) in [5.41, 5.74) is 1.90. The molecule has 0 spiro atoms. The molecule has 0 aliphatic carbocycles. The van der Waals surface area contributed by atoms with E-state index in [0.717, 1.165) is 49.8 Å². The Hall–Kier alpha value is -1.53. The van der Waals surface area contributed by atoms with Crippen LogP contribution in [0.2, 0.25) is 0 Å². The highest BCUT2D eigenvalue weighted by molar-refractivity contribution is 5.59. The van der Waals surface area contributed by atoms with Crippen LogP contribution >= 0.6 is 0 Å². The predicted octanol–water partition coefficient (Wildman–Crippen LogP) is 2.77. The number of hydrogen-bond donors (Lipinski definition) is 1. The van der Waals surface area contributed by atoms with Gasteiger partial charge in [0.05, 0.1) is 11.3 Å². The van der Waals surface area contributed by atoms with Crippen molar-refractivity contribution in [2.75, 3.05) is 31.1 Å². The minimum Gasteiger partial charge on any atom is -0.370 e. The number of benzene rings is 1. The summed E-state index contributed by atoms with van der Waals surface area (Å²) >= 11 is 0. The van der Waals surface area contributed by atoms with Gasteiger partial charge in [0.2, 0.25) is 0 Å². The van der Waals surface area contributed by atoms with Crippen molar-refractivity contribution < 1.29 is 0 Å². The molecule has 3 nitrogen and oxygen atoms in total. The van der Waals surface area contributed by atoms with Crippen LogP contribution in [0.15, 0.2) is 24.3 Å². The van der Waals surface area contributed by atoms with Crippen LogP contribution in [0.4, 0.5) is 5.69 Å². The number of hydrogen-bond acceptors (Lipinski definition) is 3. The fourth-order valence-electron chi connectivity index (χ4n) is 2.80. The molecule has 1 aliphatic heterocycles. The van der Waals surface area contributed by atoms with Crippen molar-refractivity contribution in [2.24, 2.45) is 5.92 Å². The second kappa shape index (κ2) is 7.16. The summed E-state index contributed by atoms with van der Waals surface area (Å²) in [7, 11) is 0. The van der Waals surface area contributed by atoms with Gasteiger partial charge in [-0.25, -0.2) is 0 Å². The molecule has 0 unspecified atom stereocenters. The highest BCUT2D eigenvalue weighted by atomic mass is 15.1. The number of anilines is 1. The van der Waals surface area contributed by atoms with Gasteiger partial charge >= 0.3 is 0 Å². The minimum absolute atomic E-state index is 0.750. The van der Waals surface area contributed by atoms with Crippen molar-refractivity contribution in [1.82, 2.24) is 5.32 Å². The molecule has 1 aromatic carbocycles. The minimum atomic E-state index is 0.750. The van der Waals surface area contributed by atoms with E-state index in [1.807, 2.05) is 18.2 Å². The van der Waals surface area contributed by atoms with Crippen LogP contribution in [0, 0.1) is 17.2 Å². The molecule has 0 atom stereocenters. The zero-order chi connectivity index (χ0) is 13.5. The van der Waals surface area contributed by atoms with Crippen molar-refractivity contribution in [2.45, 2.75) is 26.2 Å². The standard InChI is InChI=1S/C16H23N3/c1-2-11-19(13-14-7-9-18-10-8-14)16-6-4-3-5-15(16)12-17/h3-6,14,18H,2,7-11,13H2,1H3. The first kappa shape index (κ1) is 13.9. The van der Waals surface area contributed by atoms with Gasteiger partial charge in [-0.15, -0.1) is 0 Å². The van der Waals surface area contributed by atoms with E-state index in [-0.39, 0.29) is 0 Å². The van der Waals surface area contributed by atoms with E-state index in [0.29, 0.717) is 0 Å². The van der Waals surface area contributed by atoms with Gasteiger partial charge in [0.25, 0.3) is 0 Å². The molecule has 0 aromatic heterocycles. The zero-order valence-corrected chi connectivity index (χ0v) is 11.7. The van der Waals surface area contributed by atoms with E-state index in [1.54, 1.807) is 0 Å². The van der Waals surface area contributed by atoms with E-state index >= 15 is 0 Å². The molecule has 3 heteroatoms. The number of nitrogens with zero attached hydrogens (tertiary/aromatic N) is 2. The van der Waals surface area contributed by atoms with Gasteiger partial charge in [-0.3, -0.25) is 0 Å². The Morgan fingerprint density at radius 2 is 2.05 bits per heavy atom. The average molecular weight is 257 g/mol. The molecule has 1 saturated heterocycles. The molecule has 0 amide bonds. The van der Waals surface area contributed by atoms with E-state index in [4.69, 9.17) is 0 Å². The fraction of sp³-hybridized carbons (Fsp3) is 0.562. The van der Waals surface area contributed by atoms with Gasteiger partial charge in [-0.1, -0.05) is 19.1 Å². The van der Waals surface area contributed by atoms with E-state index in [2.05, 4.69) is 29.3 Å². The van der Waals surface area contributed by atoms with Crippen molar-refractivity contribution in [3.8, 4) is 6.07 Å². The predicted molar refractivity (Wildman–Crippen MR) is 79.3 cm³/mol. The first-order valence-corrected chi connectivity index (χ1v) is 7.30. The number of rotatable bonds is 5. The first-order valence-electron chi connectivity index (χ1n) is 7.30. The Kier molecular flexibility index (Phi) is 5.23. The number of nitriles is 1. The Balaban J connectivity index is 2.12. The topological polar surface area (TPSA) is 39.1 Å². The van der Waals surface area contributed by atoms with Crippen LogP contribution in [0.5, 0.6) is 0 Å². The maximum atomic E-state index is 9.25. The summed E-state index contributed by atoms with van der Waals surface area (Å²) in [6.07, 6.45) is 3.61. The lowest BCUT2D eigenvalue weighted by molar-refractivity contribution is 0.373. The highest BCUT2D eigenvalue weighted by Crippen LogP contribution is 2.23. The number of piperidine rings is 1. The Bertz CT molecular complexity index is 430. The van der Waals surface area contributed by atoms with Gasteiger partial charge < -0.3 is 10.2 Å². The summed E-state index contributed by atoms with van der Waals surface area (Å²) in [4.78, 5) is 2.40. The molecule has 19 heavy (non-hydrogen) atoms. The fourth-order valence-corrected chi connectivity index (χ4v) is 2.80. The Morgan fingerprint density at radius 3 is 2.74 bits per heavy atom. The van der Waals surface area contributed by atoms with Crippen molar-refractivity contribution >= 4 is 5.69 Å². The van der Waals surface area contributed by atoms with Crippen LogP contribution in [0.3, 0.4) is 0 Å². The monoisotopic (exact) mass is 257 g/mol. The molecule has 0 saturated carbocycles. The lowest BCUT2D eigenvalue weighted by Crippen LogP contribution is -2.36. The third kappa shape index (κ3) is 3.71. The largest absolute Gasteiger partial charge is 0.370 e. The maximum absolute atomic E-state index is 9.25. The average Bonchev–Trinajstić information content (AvgIpc) is 2.48. The van der Waals surface area contributed by atoms with Crippen LogP contribution < -0.4 is 10.2 Å². The van der Waals surface area contributed by atoms with Gasteiger partial charge in [0, 0.05) is 13.1 Å². The second-order valence-corrected chi connectivity index (χ2v) is 5.27. The molecule has 1 aromatic rings. The van der Waals surface area contributed by atoms with Crippen LogP contribution in [0.1, 0.15) is 31.7 Å². The van der Waals surface area contributed by atoms with Crippen molar-refractivity contribution in [3.05, 3.63) is 29.8 Å². The Labute approximate surface area is 116 Å².